The third kappa shape index (κ3) is 9.26. The molecule has 0 unspecified atom stereocenters. The van der Waals surface area contributed by atoms with E-state index in [4.69, 9.17) is 32.7 Å². The average Bonchev–Trinajstić information content (AvgIpc) is 2.97. The topological polar surface area (TPSA) is 105 Å². The number of sulfonamides is 1. The van der Waals surface area contributed by atoms with Crippen LogP contribution in [-0.2, 0) is 32.6 Å². The third-order valence-corrected chi connectivity index (χ3v) is 8.68. The Morgan fingerprint density at radius 1 is 0.977 bits per heavy atom. The molecule has 0 spiro atoms. The van der Waals surface area contributed by atoms with E-state index in [2.05, 4.69) is 5.32 Å². The minimum atomic E-state index is -4.01. The second-order valence-corrected chi connectivity index (χ2v) is 12.8. The van der Waals surface area contributed by atoms with Crippen LogP contribution in [0.15, 0.2) is 66.7 Å². The van der Waals surface area contributed by atoms with Crippen molar-refractivity contribution in [3.05, 3.63) is 87.9 Å². The second kappa shape index (κ2) is 15.3. The zero-order valence-corrected chi connectivity index (χ0v) is 27.2. The number of hydrogen-bond acceptors (Lipinski definition) is 6. The molecule has 0 heterocycles. The summed E-state index contributed by atoms with van der Waals surface area (Å²) in [5.74, 6) is -0.402. The summed E-state index contributed by atoms with van der Waals surface area (Å²) in [6.45, 7) is 3.13. The Morgan fingerprint density at radius 3 is 2.26 bits per heavy atom. The normalized spacial score (nSPS) is 12.6. The molecule has 0 aromatic heterocycles. The van der Waals surface area contributed by atoms with Crippen molar-refractivity contribution >= 4 is 50.7 Å². The number of amides is 2. The summed E-state index contributed by atoms with van der Waals surface area (Å²) in [5.41, 5.74) is 1.48. The molecule has 3 aromatic carbocycles. The van der Waals surface area contributed by atoms with Crippen LogP contribution >= 0.6 is 23.2 Å². The van der Waals surface area contributed by atoms with Gasteiger partial charge in [0.15, 0.2) is 0 Å². The number of rotatable bonds is 14. The smallest absolute Gasteiger partial charge is 0.244 e. The highest BCUT2D eigenvalue weighted by atomic mass is 35.5. The van der Waals surface area contributed by atoms with Crippen molar-refractivity contribution in [1.29, 1.82) is 0 Å². The maximum atomic E-state index is 14.3. The number of hydrogen-bond donors (Lipinski definition) is 1. The Balaban J connectivity index is 2.14. The van der Waals surface area contributed by atoms with E-state index in [1.54, 1.807) is 30.3 Å². The Bertz CT molecular complexity index is 1520. The van der Waals surface area contributed by atoms with Crippen LogP contribution in [0.1, 0.15) is 31.4 Å². The number of benzene rings is 3. The van der Waals surface area contributed by atoms with Crippen LogP contribution in [0.4, 0.5) is 5.69 Å². The van der Waals surface area contributed by atoms with Crippen LogP contribution in [0.2, 0.25) is 10.0 Å². The highest BCUT2D eigenvalue weighted by Gasteiger charge is 2.34. The fourth-order valence-electron chi connectivity index (χ4n) is 4.41. The number of methoxy groups -OCH3 is 2. The molecule has 0 aliphatic rings. The van der Waals surface area contributed by atoms with Crippen LogP contribution in [0, 0.1) is 0 Å². The van der Waals surface area contributed by atoms with Gasteiger partial charge < -0.3 is 19.7 Å². The Morgan fingerprint density at radius 2 is 1.67 bits per heavy atom. The Kier molecular flexibility index (Phi) is 12.1. The van der Waals surface area contributed by atoms with Gasteiger partial charge in [0.1, 0.15) is 24.1 Å². The van der Waals surface area contributed by atoms with E-state index in [-0.39, 0.29) is 36.4 Å². The van der Waals surface area contributed by atoms with E-state index < -0.39 is 28.5 Å². The summed E-state index contributed by atoms with van der Waals surface area (Å²) in [7, 11) is -1.16. The van der Waals surface area contributed by atoms with Crippen LogP contribution in [0.25, 0.3) is 0 Å². The van der Waals surface area contributed by atoms with Crippen LogP contribution in [0.3, 0.4) is 0 Å². The minimum Gasteiger partial charge on any atom is -0.497 e. The molecule has 232 valence electrons. The zero-order valence-electron chi connectivity index (χ0n) is 24.8. The fourth-order valence-corrected chi connectivity index (χ4v) is 5.73. The molecule has 0 fully saturated rings. The van der Waals surface area contributed by atoms with Gasteiger partial charge in [-0.15, -0.1) is 0 Å². The van der Waals surface area contributed by atoms with Crippen molar-refractivity contribution < 1.29 is 27.5 Å². The van der Waals surface area contributed by atoms with E-state index in [0.717, 1.165) is 16.1 Å². The number of carbonyl (C=O) groups excluding carboxylic acids is 2. The van der Waals surface area contributed by atoms with Crippen molar-refractivity contribution in [3.63, 3.8) is 0 Å². The molecular weight excluding hydrogens is 613 g/mol. The first-order chi connectivity index (χ1) is 20.4. The number of halogens is 2. The summed E-state index contributed by atoms with van der Waals surface area (Å²) in [6, 6.07) is 17.7. The maximum absolute atomic E-state index is 14.3. The van der Waals surface area contributed by atoms with Gasteiger partial charge in [-0.3, -0.25) is 13.9 Å². The molecule has 43 heavy (non-hydrogen) atoms. The molecule has 1 N–H and O–H groups in total. The molecule has 0 saturated heterocycles. The van der Waals surface area contributed by atoms with Gasteiger partial charge in [-0.25, -0.2) is 8.42 Å². The number of nitrogens with one attached hydrogen (secondary N) is 1. The third-order valence-electron chi connectivity index (χ3n) is 6.96. The lowest BCUT2D eigenvalue weighted by atomic mass is 10.0. The highest BCUT2D eigenvalue weighted by molar-refractivity contribution is 7.92. The summed E-state index contributed by atoms with van der Waals surface area (Å²) < 4.78 is 37.9. The van der Waals surface area contributed by atoms with Crippen molar-refractivity contribution in [2.45, 2.75) is 45.3 Å². The molecule has 0 aliphatic heterocycles. The van der Waals surface area contributed by atoms with E-state index in [1.807, 2.05) is 44.2 Å². The average molecular weight is 651 g/mol. The van der Waals surface area contributed by atoms with Crippen LogP contribution in [-0.4, -0.2) is 64.2 Å². The fraction of sp³-hybridized carbons (Fsp3) is 0.355. The SMILES string of the molecule is CC[C@H](C)NC(=O)[C@@H](Cc1ccccc1)N(Cc1ccc(Cl)cc1Cl)C(=O)CN(c1cc(OC)ccc1OC)S(C)(=O)=O. The standard InChI is InChI=1S/C31H37Cl2N3O6S/c1-6-21(2)34-31(38)28(16-22-10-8-7-9-11-22)35(19-23-12-13-24(32)17-26(23)33)30(37)20-36(43(5,39)40)27-18-25(41-3)14-15-29(27)42-4/h7-15,17-18,21,28H,6,16,19-20H2,1-5H3,(H,34,38)/t21-,28+/m0/s1. The van der Waals surface area contributed by atoms with E-state index in [1.165, 1.54) is 25.2 Å². The molecule has 12 heteroatoms. The first-order valence-electron chi connectivity index (χ1n) is 13.6. The lowest BCUT2D eigenvalue weighted by Crippen LogP contribution is -2.54. The van der Waals surface area contributed by atoms with Gasteiger partial charge in [0.2, 0.25) is 21.8 Å². The van der Waals surface area contributed by atoms with E-state index in [9.17, 15) is 18.0 Å². The number of nitrogens with zero attached hydrogens (tertiary/aromatic N) is 2. The van der Waals surface area contributed by atoms with Gasteiger partial charge in [0.05, 0.1) is 26.2 Å². The quantitative estimate of drug-likeness (QED) is 0.253. The zero-order chi connectivity index (χ0) is 31.7. The molecule has 0 saturated carbocycles. The summed E-state index contributed by atoms with van der Waals surface area (Å²) in [6.07, 6.45) is 1.86. The molecule has 2 amide bonds. The molecule has 9 nitrogen and oxygen atoms in total. The van der Waals surface area contributed by atoms with Crippen molar-refractivity contribution in [2.75, 3.05) is 31.3 Å². The number of carbonyl (C=O) groups is 2. The van der Waals surface area contributed by atoms with Gasteiger partial charge in [0.25, 0.3) is 0 Å². The molecule has 0 aliphatic carbocycles. The van der Waals surface area contributed by atoms with E-state index >= 15 is 0 Å². The van der Waals surface area contributed by atoms with Crippen molar-refractivity contribution in [2.24, 2.45) is 0 Å². The molecule has 0 radical (unpaired) electrons. The summed E-state index contributed by atoms with van der Waals surface area (Å²) in [4.78, 5) is 29.5. The molecule has 0 bridgehead atoms. The Labute approximate surface area is 263 Å². The summed E-state index contributed by atoms with van der Waals surface area (Å²) in [5, 5.41) is 3.71. The monoisotopic (exact) mass is 649 g/mol. The van der Waals surface area contributed by atoms with Crippen molar-refractivity contribution in [1.82, 2.24) is 10.2 Å². The first kappa shape index (κ1) is 34.0. The largest absolute Gasteiger partial charge is 0.497 e. The highest BCUT2D eigenvalue weighted by Crippen LogP contribution is 2.34. The van der Waals surface area contributed by atoms with Gasteiger partial charge in [-0.2, -0.15) is 0 Å². The molecular formula is C31H37Cl2N3O6S. The molecule has 3 aromatic rings. The maximum Gasteiger partial charge on any atom is 0.244 e. The van der Waals surface area contributed by atoms with Crippen LogP contribution in [0.5, 0.6) is 11.5 Å². The second-order valence-electron chi connectivity index (χ2n) is 10.1. The minimum absolute atomic E-state index is 0.0763. The predicted molar refractivity (Wildman–Crippen MR) is 171 cm³/mol. The lowest BCUT2D eigenvalue weighted by Gasteiger charge is -2.34. The predicted octanol–water partition coefficient (Wildman–Crippen LogP) is 5.33. The van der Waals surface area contributed by atoms with Gasteiger partial charge >= 0.3 is 0 Å². The lowest BCUT2D eigenvalue weighted by molar-refractivity contribution is -0.140. The Hall–Kier alpha value is -3.47. The van der Waals surface area contributed by atoms with E-state index in [0.29, 0.717) is 27.8 Å². The first-order valence-corrected chi connectivity index (χ1v) is 16.3. The summed E-state index contributed by atoms with van der Waals surface area (Å²) >= 11 is 12.6. The molecule has 3 rings (SSSR count). The van der Waals surface area contributed by atoms with Crippen LogP contribution < -0.4 is 19.1 Å². The molecule has 2 atom stereocenters. The van der Waals surface area contributed by atoms with Gasteiger partial charge in [0, 0.05) is 35.1 Å². The number of anilines is 1. The van der Waals surface area contributed by atoms with Gasteiger partial charge in [-0.1, -0.05) is 66.5 Å². The number of ether oxygens (including phenoxy) is 2. The van der Waals surface area contributed by atoms with Crippen molar-refractivity contribution in [3.8, 4) is 11.5 Å². The van der Waals surface area contributed by atoms with Gasteiger partial charge in [-0.05, 0) is 48.7 Å².